The first-order chi connectivity index (χ1) is 26.0. The SMILES string of the molecule is Cc1cc(C(=O)N[C@H]2CCCCC/C=C\C3C[C@@]3(C(=O)NS(=O)(=O)C3CC3)NC(=O)[C@@H]3C[C@@H](Oc4nc5ncncc5c5ccccc45)CN3C2=O)n[nH]1. The van der Waals surface area contributed by atoms with Gasteiger partial charge in [0.05, 0.1) is 11.8 Å². The van der Waals surface area contributed by atoms with Gasteiger partial charge in [0.25, 0.3) is 11.8 Å². The van der Waals surface area contributed by atoms with Gasteiger partial charge in [-0.3, -0.25) is 29.0 Å². The monoisotopic (exact) mass is 755 g/mol. The van der Waals surface area contributed by atoms with Crippen LogP contribution in [0.25, 0.3) is 21.8 Å². The third kappa shape index (κ3) is 6.99. The van der Waals surface area contributed by atoms with Gasteiger partial charge in [-0.1, -0.05) is 43.2 Å². The van der Waals surface area contributed by atoms with Crippen molar-refractivity contribution in [3.05, 3.63) is 66.4 Å². The predicted octanol–water partition coefficient (Wildman–Crippen LogP) is 2.36. The molecule has 4 aromatic rings. The average molecular weight is 756 g/mol. The molecule has 16 nitrogen and oxygen atoms in total. The fourth-order valence-corrected chi connectivity index (χ4v) is 8.89. The summed E-state index contributed by atoms with van der Waals surface area (Å²) in [5.41, 5.74) is -0.283. The zero-order chi connectivity index (χ0) is 37.6. The lowest BCUT2D eigenvalue weighted by Gasteiger charge is -2.29. The molecule has 282 valence electrons. The number of fused-ring (bicyclic) bond motifs is 5. The number of allylic oxidation sites excluding steroid dienone is 1. The van der Waals surface area contributed by atoms with Crippen LogP contribution in [-0.2, 0) is 24.4 Å². The Labute approximate surface area is 311 Å². The summed E-state index contributed by atoms with van der Waals surface area (Å²) in [6.45, 7) is 1.74. The molecule has 0 radical (unpaired) electrons. The number of sulfonamides is 1. The first-order valence-corrected chi connectivity index (χ1v) is 19.9. The third-order valence-electron chi connectivity index (χ3n) is 10.7. The van der Waals surface area contributed by atoms with E-state index in [1.807, 2.05) is 36.4 Å². The maximum absolute atomic E-state index is 14.6. The summed E-state index contributed by atoms with van der Waals surface area (Å²) in [5.74, 6) is -2.60. The predicted molar refractivity (Wildman–Crippen MR) is 195 cm³/mol. The minimum Gasteiger partial charge on any atom is -0.472 e. The van der Waals surface area contributed by atoms with Crippen molar-refractivity contribution < 1.29 is 32.3 Å². The molecule has 4 amide bonds. The van der Waals surface area contributed by atoms with Crippen LogP contribution in [0.2, 0.25) is 0 Å². The number of ether oxygens (including phenoxy) is 1. The molecule has 5 heterocycles. The lowest BCUT2D eigenvalue weighted by Crippen LogP contribution is -2.58. The summed E-state index contributed by atoms with van der Waals surface area (Å²) in [6, 6.07) is 6.98. The molecule has 2 aliphatic carbocycles. The number of carbonyl (C=O) groups excluding carboxylic acids is 4. The molecule has 1 unspecified atom stereocenters. The van der Waals surface area contributed by atoms with Crippen molar-refractivity contribution >= 4 is 55.5 Å². The second kappa shape index (κ2) is 14.1. The second-order valence-electron chi connectivity index (χ2n) is 14.7. The molecule has 3 aromatic heterocycles. The number of benzene rings is 1. The molecule has 54 heavy (non-hydrogen) atoms. The van der Waals surface area contributed by atoms with Crippen LogP contribution in [0, 0.1) is 12.8 Å². The average Bonchev–Trinajstić information content (AvgIpc) is 4.05. The number of aromatic amines is 1. The van der Waals surface area contributed by atoms with Crippen LogP contribution < -0.4 is 20.1 Å². The van der Waals surface area contributed by atoms with Crippen LogP contribution in [0.1, 0.15) is 74.0 Å². The second-order valence-corrected chi connectivity index (χ2v) is 16.6. The largest absolute Gasteiger partial charge is 0.472 e. The van der Waals surface area contributed by atoms with E-state index in [0.29, 0.717) is 48.8 Å². The molecule has 0 spiro atoms. The summed E-state index contributed by atoms with van der Waals surface area (Å²) in [6.07, 6.45) is 10.5. The van der Waals surface area contributed by atoms with Crippen LogP contribution in [-0.4, -0.2) is 97.6 Å². The van der Waals surface area contributed by atoms with Crippen LogP contribution in [0.5, 0.6) is 5.88 Å². The van der Waals surface area contributed by atoms with Crippen molar-refractivity contribution in [1.82, 2.24) is 45.4 Å². The molecule has 5 atom stereocenters. The maximum atomic E-state index is 14.6. The summed E-state index contributed by atoms with van der Waals surface area (Å²) in [7, 11) is -3.90. The number of amides is 4. The smallest absolute Gasteiger partial charge is 0.272 e. The number of H-pyrrole nitrogens is 1. The molecule has 17 heteroatoms. The number of nitrogens with one attached hydrogen (secondary N) is 4. The number of hydrogen-bond donors (Lipinski definition) is 4. The van der Waals surface area contributed by atoms with Crippen molar-refractivity contribution in [3.8, 4) is 5.88 Å². The number of pyridine rings is 1. The van der Waals surface area contributed by atoms with Crippen LogP contribution in [0.3, 0.4) is 0 Å². The Morgan fingerprint density at radius 1 is 1.06 bits per heavy atom. The normalized spacial score (nSPS) is 26.9. The van der Waals surface area contributed by atoms with Gasteiger partial charge in [0.2, 0.25) is 27.7 Å². The summed E-state index contributed by atoms with van der Waals surface area (Å²) >= 11 is 0. The number of nitrogens with zero attached hydrogens (tertiary/aromatic N) is 5. The first kappa shape index (κ1) is 35.6. The first-order valence-electron chi connectivity index (χ1n) is 18.4. The molecule has 2 aliphatic heterocycles. The zero-order valence-electron chi connectivity index (χ0n) is 29.7. The van der Waals surface area contributed by atoms with E-state index in [2.05, 4.69) is 40.5 Å². The van der Waals surface area contributed by atoms with Crippen LogP contribution in [0.15, 0.2) is 55.0 Å². The van der Waals surface area contributed by atoms with Gasteiger partial charge < -0.3 is 20.3 Å². The van der Waals surface area contributed by atoms with Crippen LogP contribution >= 0.6 is 0 Å². The number of hydrogen-bond acceptors (Lipinski definition) is 11. The van der Waals surface area contributed by atoms with Gasteiger partial charge in [-0.05, 0) is 63.0 Å². The minimum atomic E-state index is -3.90. The minimum absolute atomic E-state index is 0.0266. The van der Waals surface area contributed by atoms with E-state index in [4.69, 9.17) is 4.74 Å². The van der Waals surface area contributed by atoms with E-state index in [9.17, 15) is 27.6 Å². The van der Waals surface area contributed by atoms with E-state index in [1.54, 1.807) is 19.2 Å². The fourth-order valence-electron chi connectivity index (χ4n) is 7.52. The number of aryl methyl sites for hydroxylation is 1. The molecule has 2 saturated carbocycles. The van der Waals surface area contributed by atoms with Gasteiger partial charge in [0, 0.05) is 35.0 Å². The van der Waals surface area contributed by atoms with Gasteiger partial charge in [-0.2, -0.15) is 10.1 Å². The topological polar surface area (TPSA) is 218 Å². The van der Waals surface area contributed by atoms with Gasteiger partial charge in [-0.15, -0.1) is 0 Å². The molecule has 3 fully saturated rings. The Morgan fingerprint density at radius 2 is 1.87 bits per heavy atom. The summed E-state index contributed by atoms with van der Waals surface area (Å²) < 4.78 is 34.4. The maximum Gasteiger partial charge on any atom is 0.272 e. The van der Waals surface area contributed by atoms with E-state index in [-0.39, 0.29) is 31.0 Å². The van der Waals surface area contributed by atoms with Crippen molar-refractivity contribution in [2.24, 2.45) is 5.92 Å². The molecule has 0 bridgehead atoms. The highest BCUT2D eigenvalue weighted by Crippen LogP contribution is 2.46. The highest BCUT2D eigenvalue weighted by atomic mass is 32.2. The van der Waals surface area contributed by atoms with E-state index in [0.717, 1.165) is 23.6 Å². The highest BCUT2D eigenvalue weighted by Gasteiger charge is 2.62. The Hall–Kier alpha value is -5.45. The standard InChI is InChI=1S/C37H41N9O7S/c1-21-15-29(44-43-21)32(47)40-28-12-6-4-2-3-5-9-22-17-37(22,36(50)45-54(51,52)24-13-14-24)42-33(48)30-16-23(19-46(30)35(28)49)53-34-26-11-8-7-10-25(26)27-18-38-20-39-31(27)41-34/h5,7-11,15,18,20,22-24,28,30H,2-4,6,12-14,16-17,19H2,1H3,(H,40,47)(H,42,48)(H,43,44)(H,45,50)/b9-5-/t22?,23-,28+,30+,37-/m1/s1. The van der Waals surface area contributed by atoms with Gasteiger partial charge >= 0.3 is 0 Å². The molecular weight excluding hydrogens is 715 g/mol. The lowest BCUT2D eigenvalue weighted by atomic mass is 10.0. The number of aromatic nitrogens is 5. The Morgan fingerprint density at radius 3 is 2.65 bits per heavy atom. The molecule has 8 rings (SSSR count). The quantitative estimate of drug-likeness (QED) is 0.159. The Balaban J connectivity index is 1.12. The highest BCUT2D eigenvalue weighted by molar-refractivity contribution is 7.91. The molecule has 1 saturated heterocycles. The van der Waals surface area contributed by atoms with Gasteiger partial charge in [0.1, 0.15) is 35.7 Å². The summed E-state index contributed by atoms with van der Waals surface area (Å²) in [5, 5.41) is 14.2. The fraction of sp³-hybridized carbons (Fsp3) is 0.459. The Bertz CT molecular complexity index is 2290. The Kier molecular flexibility index (Phi) is 9.27. The van der Waals surface area contributed by atoms with Crippen molar-refractivity contribution in [2.75, 3.05) is 6.54 Å². The molecule has 4 aliphatic rings. The van der Waals surface area contributed by atoms with E-state index >= 15 is 0 Å². The van der Waals surface area contributed by atoms with Gasteiger partial charge in [0.15, 0.2) is 5.65 Å². The van der Waals surface area contributed by atoms with Crippen molar-refractivity contribution in [3.63, 3.8) is 0 Å². The van der Waals surface area contributed by atoms with Crippen molar-refractivity contribution in [2.45, 2.75) is 93.7 Å². The van der Waals surface area contributed by atoms with E-state index in [1.165, 1.54) is 11.2 Å². The third-order valence-corrected chi connectivity index (χ3v) is 12.5. The van der Waals surface area contributed by atoms with Crippen molar-refractivity contribution in [1.29, 1.82) is 0 Å². The van der Waals surface area contributed by atoms with Crippen LogP contribution in [0.4, 0.5) is 0 Å². The molecule has 1 aromatic carbocycles. The number of carbonyl (C=O) groups is 4. The molecular formula is C37H41N9O7S. The van der Waals surface area contributed by atoms with Gasteiger partial charge in [-0.25, -0.2) is 18.4 Å². The summed E-state index contributed by atoms with van der Waals surface area (Å²) in [4.78, 5) is 70.6. The molecule has 4 N–H and O–H groups in total. The number of rotatable bonds is 7. The van der Waals surface area contributed by atoms with E-state index < -0.39 is 68.5 Å². The zero-order valence-corrected chi connectivity index (χ0v) is 30.5. The lowest BCUT2D eigenvalue weighted by molar-refractivity contribution is -0.141.